The molecule has 2 aliphatic carbocycles. The average molecular weight is 324 g/mol. The highest BCUT2D eigenvalue weighted by molar-refractivity contribution is 5.94. The molecule has 1 aromatic carbocycles. The number of allylic oxidation sites excluding steroid dienone is 3. The Kier molecular flexibility index (Phi) is 5.14. The molecular formula is C20H24N2O2. The Bertz CT molecular complexity index is 653. The van der Waals surface area contributed by atoms with Gasteiger partial charge in [-0.15, -0.1) is 0 Å². The van der Waals surface area contributed by atoms with Crippen LogP contribution in [0.25, 0.3) is 0 Å². The monoisotopic (exact) mass is 324 g/mol. The maximum atomic E-state index is 12.3. The Morgan fingerprint density at radius 2 is 1.83 bits per heavy atom. The Labute approximate surface area is 143 Å². The summed E-state index contributed by atoms with van der Waals surface area (Å²) >= 11 is 0. The van der Waals surface area contributed by atoms with Crippen molar-refractivity contribution in [3.8, 4) is 0 Å². The number of benzene rings is 1. The molecule has 126 valence electrons. The number of carbonyl (C=O) groups is 2. The van der Waals surface area contributed by atoms with Crippen LogP contribution in [0.5, 0.6) is 0 Å². The molecule has 0 saturated heterocycles. The van der Waals surface area contributed by atoms with E-state index < -0.39 is 0 Å². The third-order valence-corrected chi connectivity index (χ3v) is 4.29. The van der Waals surface area contributed by atoms with Crippen molar-refractivity contribution in [2.24, 2.45) is 0 Å². The van der Waals surface area contributed by atoms with E-state index in [1.807, 2.05) is 48.2 Å². The van der Waals surface area contributed by atoms with Crippen LogP contribution in [-0.2, 0) is 11.3 Å². The fourth-order valence-corrected chi connectivity index (χ4v) is 2.57. The minimum Gasteiger partial charge on any atom is -0.349 e. The summed E-state index contributed by atoms with van der Waals surface area (Å²) in [4.78, 5) is 26.3. The third-order valence-electron chi connectivity index (χ3n) is 4.29. The maximum Gasteiger partial charge on any atom is 0.251 e. The first kappa shape index (κ1) is 16.5. The fourth-order valence-electron chi connectivity index (χ4n) is 2.57. The summed E-state index contributed by atoms with van der Waals surface area (Å²) in [6, 6.07) is 8.30. The quantitative estimate of drug-likeness (QED) is 0.618. The lowest BCUT2D eigenvalue weighted by atomic mass is 10.1. The summed E-state index contributed by atoms with van der Waals surface area (Å²) in [6.07, 6.45) is 11.5. The first-order chi connectivity index (χ1) is 11.7. The van der Waals surface area contributed by atoms with E-state index in [0.29, 0.717) is 24.2 Å². The van der Waals surface area contributed by atoms with Crippen molar-refractivity contribution in [1.29, 1.82) is 0 Å². The van der Waals surface area contributed by atoms with Crippen molar-refractivity contribution in [3.05, 3.63) is 59.7 Å². The second-order valence-electron chi connectivity index (χ2n) is 6.53. The average Bonchev–Trinajstić information content (AvgIpc) is 3.47. The number of carbonyl (C=O) groups excluding carboxylic acids is 2. The van der Waals surface area contributed by atoms with E-state index in [-0.39, 0.29) is 11.8 Å². The Hall–Kier alpha value is -2.36. The SMILES string of the molecule is C/C=C/C=C/C(=O)N(Cc1ccc(C(=O)NC2CC2)cc1)C1CC1. The van der Waals surface area contributed by atoms with Gasteiger partial charge in [0.1, 0.15) is 0 Å². The van der Waals surface area contributed by atoms with Crippen LogP contribution < -0.4 is 5.32 Å². The summed E-state index contributed by atoms with van der Waals surface area (Å²) in [7, 11) is 0. The minimum atomic E-state index is -0.00605. The zero-order chi connectivity index (χ0) is 16.9. The van der Waals surface area contributed by atoms with Crippen molar-refractivity contribution in [2.45, 2.75) is 51.2 Å². The van der Waals surface area contributed by atoms with E-state index in [1.54, 1.807) is 12.2 Å². The number of hydrogen-bond donors (Lipinski definition) is 1. The van der Waals surface area contributed by atoms with Crippen LogP contribution in [-0.4, -0.2) is 28.8 Å². The number of amides is 2. The Balaban J connectivity index is 1.62. The van der Waals surface area contributed by atoms with Gasteiger partial charge in [-0.1, -0.05) is 30.4 Å². The van der Waals surface area contributed by atoms with E-state index in [4.69, 9.17) is 0 Å². The van der Waals surface area contributed by atoms with Gasteiger partial charge in [0.2, 0.25) is 5.91 Å². The first-order valence-electron chi connectivity index (χ1n) is 8.67. The number of nitrogens with one attached hydrogen (secondary N) is 1. The highest BCUT2D eigenvalue weighted by atomic mass is 16.2. The topological polar surface area (TPSA) is 49.4 Å². The van der Waals surface area contributed by atoms with Crippen LogP contribution in [0.15, 0.2) is 48.6 Å². The highest BCUT2D eigenvalue weighted by Gasteiger charge is 2.31. The van der Waals surface area contributed by atoms with Gasteiger partial charge in [-0.2, -0.15) is 0 Å². The lowest BCUT2D eigenvalue weighted by Crippen LogP contribution is -2.31. The molecule has 0 aliphatic heterocycles. The van der Waals surface area contributed by atoms with Crippen LogP contribution in [0.3, 0.4) is 0 Å². The summed E-state index contributed by atoms with van der Waals surface area (Å²) < 4.78 is 0. The molecule has 3 rings (SSSR count). The van der Waals surface area contributed by atoms with E-state index in [9.17, 15) is 9.59 Å². The van der Waals surface area contributed by atoms with Crippen molar-refractivity contribution >= 4 is 11.8 Å². The lowest BCUT2D eigenvalue weighted by Gasteiger charge is -2.21. The first-order valence-corrected chi connectivity index (χ1v) is 8.67. The minimum absolute atomic E-state index is 0.00605. The molecule has 0 heterocycles. The van der Waals surface area contributed by atoms with Gasteiger partial charge in [-0.25, -0.2) is 0 Å². The second-order valence-corrected chi connectivity index (χ2v) is 6.53. The Morgan fingerprint density at radius 1 is 1.12 bits per heavy atom. The molecule has 0 bridgehead atoms. The molecule has 1 N–H and O–H groups in total. The molecule has 24 heavy (non-hydrogen) atoms. The molecule has 0 aromatic heterocycles. The summed E-state index contributed by atoms with van der Waals surface area (Å²) in [5, 5.41) is 2.99. The van der Waals surface area contributed by atoms with Gasteiger partial charge in [0.05, 0.1) is 0 Å². The molecule has 2 fully saturated rings. The lowest BCUT2D eigenvalue weighted by molar-refractivity contribution is -0.127. The molecule has 4 nitrogen and oxygen atoms in total. The fraction of sp³-hybridized carbons (Fsp3) is 0.400. The molecule has 0 unspecified atom stereocenters. The van der Waals surface area contributed by atoms with Crippen molar-refractivity contribution in [1.82, 2.24) is 10.2 Å². The van der Waals surface area contributed by atoms with Crippen LogP contribution in [0, 0.1) is 0 Å². The molecule has 2 aliphatic rings. The number of nitrogens with zero attached hydrogens (tertiary/aromatic N) is 1. The van der Waals surface area contributed by atoms with E-state index in [1.165, 1.54) is 0 Å². The number of rotatable bonds is 7. The van der Waals surface area contributed by atoms with Gasteiger partial charge in [0.25, 0.3) is 5.91 Å². The van der Waals surface area contributed by atoms with Gasteiger partial charge >= 0.3 is 0 Å². The standard InChI is InChI=1S/C20H24N2O2/c1-2-3-4-5-19(23)22(18-12-13-18)14-15-6-8-16(9-7-15)20(24)21-17-10-11-17/h2-9,17-18H,10-14H2,1H3,(H,21,24)/b3-2+,5-4+. The van der Waals surface area contributed by atoms with Crippen molar-refractivity contribution < 1.29 is 9.59 Å². The zero-order valence-electron chi connectivity index (χ0n) is 14.1. The normalized spacial score (nSPS) is 17.4. The van der Waals surface area contributed by atoms with Gasteiger partial charge in [-0.05, 0) is 50.3 Å². The largest absolute Gasteiger partial charge is 0.349 e. The van der Waals surface area contributed by atoms with Gasteiger partial charge < -0.3 is 10.2 Å². The van der Waals surface area contributed by atoms with Crippen molar-refractivity contribution in [3.63, 3.8) is 0 Å². The molecule has 1 aromatic rings. The predicted molar refractivity (Wildman–Crippen MR) is 94.5 cm³/mol. The molecular weight excluding hydrogens is 300 g/mol. The van der Waals surface area contributed by atoms with Crippen LogP contribution in [0.2, 0.25) is 0 Å². The maximum absolute atomic E-state index is 12.3. The number of hydrogen-bond acceptors (Lipinski definition) is 2. The summed E-state index contributed by atoms with van der Waals surface area (Å²) in [5.74, 6) is 0.0413. The molecule has 2 amide bonds. The molecule has 0 atom stereocenters. The van der Waals surface area contributed by atoms with Crippen molar-refractivity contribution in [2.75, 3.05) is 0 Å². The zero-order valence-corrected chi connectivity index (χ0v) is 14.1. The van der Waals surface area contributed by atoms with Gasteiger partial charge in [-0.3, -0.25) is 9.59 Å². The van der Waals surface area contributed by atoms with Crippen LogP contribution >= 0.6 is 0 Å². The van der Waals surface area contributed by atoms with Crippen LogP contribution in [0.1, 0.15) is 48.5 Å². The molecule has 0 spiro atoms. The van der Waals surface area contributed by atoms with Gasteiger partial charge in [0, 0.05) is 30.3 Å². The predicted octanol–water partition coefficient (Wildman–Crippen LogP) is 3.20. The molecule has 2 saturated carbocycles. The second kappa shape index (κ2) is 7.47. The molecule has 0 radical (unpaired) electrons. The smallest absolute Gasteiger partial charge is 0.251 e. The van der Waals surface area contributed by atoms with E-state index in [2.05, 4.69) is 5.32 Å². The van der Waals surface area contributed by atoms with E-state index >= 15 is 0 Å². The Morgan fingerprint density at radius 3 is 2.42 bits per heavy atom. The van der Waals surface area contributed by atoms with E-state index in [0.717, 1.165) is 31.2 Å². The van der Waals surface area contributed by atoms with Gasteiger partial charge in [0.15, 0.2) is 0 Å². The van der Waals surface area contributed by atoms with Crippen LogP contribution in [0.4, 0.5) is 0 Å². The third kappa shape index (κ3) is 4.57. The summed E-state index contributed by atoms with van der Waals surface area (Å²) in [5.41, 5.74) is 1.74. The molecule has 4 heteroatoms. The highest BCUT2D eigenvalue weighted by Crippen LogP contribution is 2.28. The summed E-state index contributed by atoms with van der Waals surface area (Å²) in [6.45, 7) is 2.52.